The Hall–Kier alpha value is -0.990. The molecule has 0 aliphatic carbocycles. The highest BCUT2D eigenvalue weighted by Crippen LogP contribution is 2.22. The normalized spacial score (nSPS) is 9.62. The van der Waals surface area contributed by atoms with E-state index in [1.165, 1.54) is 7.11 Å². The molecule has 3 nitrogen and oxygen atoms in total. The van der Waals surface area contributed by atoms with Crippen LogP contribution in [0.4, 0.5) is 0 Å². The number of benzene rings is 1. The highest BCUT2D eigenvalue weighted by atomic mass is 79.9. The van der Waals surface area contributed by atoms with Gasteiger partial charge in [0.2, 0.25) is 0 Å². The molecule has 0 amide bonds. The topological polar surface area (TPSA) is 50.1 Å². The fourth-order valence-electron chi connectivity index (χ4n) is 1.37. The van der Waals surface area contributed by atoms with E-state index >= 15 is 0 Å². The Morgan fingerprint density at radius 3 is 2.69 bits per heavy atom. The Kier molecular flexibility index (Phi) is 4.84. The number of carbonyl (C=O) groups excluding carboxylic acids is 1. The fraction of sp³-hybridized carbons (Fsp3) is 0.273. The lowest BCUT2D eigenvalue weighted by molar-refractivity contribution is -0.139. The van der Waals surface area contributed by atoms with Crippen molar-refractivity contribution in [3.63, 3.8) is 0 Å². The number of nitrogens with zero attached hydrogens (tertiary/aromatic N) is 1. The van der Waals surface area contributed by atoms with Crippen LogP contribution in [0.5, 0.6) is 0 Å². The average Bonchev–Trinajstić information content (AvgIpc) is 2.28. The van der Waals surface area contributed by atoms with E-state index in [9.17, 15) is 4.79 Å². The number of thiol groups is 1. The molecule has 0 saturated heterocycles. The van der Waals surface area contributed by atoms with Crippen LogP contribution in [-0.4, -0.2) is 13.1 Å². The van der Waals surface area contributed by atoms with Crippen LogP contribution in [-0.2, 0) is 21.3 Å². The molecule has 0 N–H and O–H groups in total. The quantitative estimate of drug-likeness (QED) is 0.530. The van der Waals surface area contributed by atoms with Gasteiger partial charge in [-0.15, -0.1) is 12.6 Å². The van der Waals surface area contributed by atoms with Gasteiger partial charge in [-0.1, -0.05) is 15.9 Å². The monoisotopic (exact) mass is 299 g/mol. The third-order valence-electron chi connectivity index (χ3n) is 2.10. The molecule has 0 fully saturated rings. The van der Waals surface area contributed by atoms with Gasteiger partial charge in [0, 0.05) is 10.2 Å². The Labute approximate surface area is 108 Å². The number of hydrogen-bond donors (Lipinski definition) is 1. The number of methoxy groups -OCH3 is 1. The first-order chi connectivity index (χ1) is 7.62. The van der Waals surface area contributed by atoms with E-state index in [0.29, 0.717) is 16.5 Å². The van der Waals surface area contributed by atoms with Crippen molar-refractivity contribution in [1.82, 2.24) is 0 Å². The summed E-state index contributed by atoms with van der Waals surface area (Å²) in [4.78, 5) is 11.9. The Bertz CT molecular complexity index is 454. The average molecular weight is 300 g/mol. The second-order valence-corrected chi connectivity index (χ2v) is 4.21. The number of nitriles is 1. The van der Waals surface area contributed by atoms with Crippen molar-refractivity contribution in [3.8, 4) is 6.07 Å². The molecule has 0 spiro atoms. The minimum atomic E-state index is -0.365. The molecule has 1 aromatic rings. The molecule has 5 heteroatoms. The van der Waals surface area contributed by atoms with Crippen molar-refractivity contribution >= 4 is 34.5 Å². The Morgan fingerprint density at radius 2 is 2.19 bits per heavy atom. The van der Waals surface area contributed by atoms with Gasteiger partial charge < -0.3 is 4.74 Å². The van der Waals surface area contributed by atoms with Crippen molar-refractivity contribution in [3.05, 3.63) is 28.8 Å². The largest absolute Gasteiger partial charge is 0.469 e. The molecule has 0 radical (unpaired) electrons. The van der Waals surface area contributed by atoms with Gasteiger partial charge >= 0.3 is 5.97 Å². The van der Waals surface area contributed by atoms with E-state index in [-0.39, 0.29) is 12.4 Å². The van der Waals surface area contributed by atoms with E-state index in [4.69, 9.17) is 5.26 Å². The van der Waals surface area contributed by atoms with Crippen molar-refractivity contribution < 1.29 is 9.53 Å². The summed E-state index contributed by atoms with van der Waals surface area (Å²) in [5.74, 6) is -0.365. The highest BCUT2D eigenvalue weighted by Gasteiger charge is 2.12. The van der Waals surface area contributed by atoms with Gasteiger partial charge in [-0.25, -0.2) is 0 Å². The van der Waals surface area contributed by atoms with Gasteiger partial charge in [0.15, 0.2) is 0 Å². The maximum Gasteiger partial charge on any atom is 0.310 e. The molecule has 0 aliphatic rings. The van der Waals surface area contributed by atoms with Crippen molar-refractivity contribution in [2.24, 2.45) is 0 Å². The number of halogens is 1. The van der Waals surface area contributed by atoms with Crippen LogP contribution < -0.4 is 0 Å². The molecular formula is C11H10BrNO2S. The molecule has 0 aliphatic heterocycles. The minimum Gasteiger partial charge on any atom is -0.469 e. The summed E-state index contributed by atoms with van der Waals surface area (Å²) < 4.78 is 4.58. The van der Waals surface area contributed by atoms with Gasteiger partial charge in [0.25, 0.3) is 0 Å². The van der Waals surface area contributed by atoms with E-state index in [0.717, 1.165) is 10.5 Å². The summed E-state index contributed by atoms with van der Waals surface area (Å²) in [7, 11) is 1.32. The zero-order valence-electron chi connectivity index (χ0n) is 8.66. The standard InChI is InChI=1S/C11H10BrNO2S/c1-15-11(14)4-7-2-9(16)3-8(5-12)10(7)6-13/h2-3,16H,4-5H2,1H3. The zero-order chi connectivity index (χ0) is 12.1. The van der Waals surface area contributed by atoms with E-state index in [1.54, 1.807) is 12.1 Å². The van der Waals surface area contributed by atoms with Crippen LogP contribution in [0, 0.1) is 11.3 Å². The van der Waals surface area contributed by atoms with Gasteiger partial charge in [-0.3, -0.25) is 4.79 Å². The number of alkyl halides is 1. The summed E-state index contributed by atoms with van der Waals surface area (Å²) in [6.45, 7) is 0. The third kappa shape index (κ3) is 3.00. The van der Waals surface area contributed by atoms with Crippen LogP contribution in [0.1, 0.15) is 16.7 Å². The second-order valence-electron chi connectivity index (χ2n) is 3.14. The van der Waals surface area contributed by atoms with Gasteiger partial charge in [-0.05, 0) is 23.3 Å². The van der Waals surface area contributed by atoms with Crippen LogP contribution in [0.3, 0.4) is 0 Å². The van der Waals surface area contributed by atoms with Crippen LogP contribution >= 0.6 is 28.6 Å². The first-order valence-corrected chi connectivity index (χ1v) is 6.07. The maximum atomic E-state index is 11.2. The SMILES string of the molecule is COC(=O)Cc1cc(S)cc(CBr)c1C#N. The van der Waals surface area contributed by atoms with Gasteiger partial charge in [0.1, 0.15) is 0 Å². The predicted molar refractivity (Wildman–Crippen MR) is 66.8 cm³/mol. The number of ether oxygens (including phenoxy) is 1. The number of carbonyl (C=O) groups is 1. The van der Waals surface area contributed by atoms with E-state index in [1.807, 2.05) is 0 Å². The summed E-state index contributed by atoms with van der Waals surface area (Å²) in [5, 5.41) is 9.61. The summed E-state index contributed by atoms with van der Waals surface area (Å²) in [5.41, 5.74) is 1.99. The lowest BCUT2D eigenvalue weighted by Crippen LogP contribution is -2.07. The predicted octanol–water partition coefficient (Wildman–Crippen LogP) is 2.46. The molecule has 0 unspecified atom stereocenters. The zero-order valence-corrected chi connectivity index (χ0v) is 11.1. The van der Waals surface area contributed by atoms with Crippen LogP contribution in [0.15, 0.2) is 17.0 Å². The second kappa shape index (κ2) is 5.92. The smallest absolute Gasteiger partial charge is 0.310 e. The summed E-state index contributed by atoms with van der Waals surface area (Å²) >= 11 is 7.53. The molecule has 0 saturated carbocycles. The van der Waals surface area contributed by atoms with Crippen molar-refractivity contribution in [1.29, 1.82) is 5.26 Å². The number of esters is 1. The molecule has 0 heterocycles. The lowest BCUT2D eigenvalue weighted by Gasteiger charge is -2.08. The van der Waals surface area contributed by atoms with Crippen molar-refractivity contribution in [2.75, 3.05) is 7.11 Å². The molecule has 0 bridgehead atoms. The Balaban J connectivity index is 3.21. The summed E-state index contributed by atoms with van der Waals surface area (Å²) in [6.07, 6.45) is 0.0911. The van der Waals surface area contributed by atoms with Gasteiger partial charge in [-0.2, -0.15) is 5.26 Å². The molecule has 0 aromatic heterocycles. The minimum absolute atomic E-state index is 0.0911. The first kappa shape index (κ1) is 13.1. The number of rotatable bonds is 3. The van der Waals surface area contributed by atoms with Crippen LogP contribution in [0.25, 0.3) is 0 Å². The molecule has 16 heavy (non-hydrogen) atoms. The van der Waals surface area contributed by atoms with Gasteiger partial charge in [0.05, 0.1) is 25.2 Å². The molecule has 84 valence electrons. The fourth-order valence-corrected chi connectivity index (χ4v) is 2.12. The maximum absolute atomic E-state index is 11.2. The van der Waals surface area contributed by atoms with E-state index in [2.05, 4.69) is 39.4 Å². The van der Waals surface area contributed by atoms with Crippen molar-refractivity contribution in [2.45, 2.75) is 16.6 Å². The number of hydrogen-bond acceptors (Lipinski definition) is 4. The molecular weight excluding hydrogens is 290 g/mol. The van der Waals surface area contributed by atoms with Crippen LogP contribution in [0.2, 0.25) is 0 Å². The summed E-state index contributed by atoms with van der Waals surface area (Å²) in [6, 6.07) is 5.62. The molecule has 1 aromatic carbocycles. The lowest BCUT2D eigenvalue weighted by atomic mass is 10.0. The molecule has 1 rings (SSSR count). The molecule has 0 atom stereocenters. The first-order valence-electron chi connectivity index (χ1n) is 4.50. The third-order valence-corrected chi connectivity index (χ3v) is 2.97. The Morgan fingerprint density at radius 1 is 1.56 bits per heavy atom. The highest BCUT2D eigenvalue weighted by molar-refractivity contribution is 9.08. The van der Waals surface area contributed by atoms with E-state index < -0.39 is 0 Å².